The van der Waals surface area contributed by atoms with Gasteiger partial charge in [-0.2, -0.15) is 0 Å². The van der Waals surface area contributed by atoms with Gasteiger partial charge < -0.3 is 18.9 Å². The van der Waals surface area contributed by atoms with Gasteiger partial charge in [-0.3, -0.25) is 0 Å². The van der Waals surface area contributed by atoms with Crippen molar-refractivity contribution in [2.24, 2.45) is 0 Å². The number of hydrogen-bond donors (Lipinski definition) is 0. The van der Waals surface area contributed by atoms with Crippen LogP contribution < -0.4 is 9.47 Å². The second kappa shape index (κ2) is 4.10. The molecule has 0 unspecified atom stereocenters. The Morgan fingerprint density at radius 3 is 2.94 bits per heavy atom. The Labute approximate surface area is 103 Å². The molecule has 1 aromatic carbocycles. The maximum absolute atomic E-state index is 11.1. The quantitative estimate of drug-likeness (QED) is 0.745. The zero-order valence-electron chi connectivity index (χ0n) is 9.64. The van der Waals surface area contributed by atoms with Crippen molar-refractivity contribution in [3.8, 4) is 11.5 Å². The van der Waals surface area contributed by atoms with Gasteiger partial charge in [0.15, 0.2) is 23.0 Å². The molecule has 0 N–H and O–H groups in total. The lowest BCUT2D eigenvalue weighted by atomic mass is 10.1. The molecule has 5 heteroatoms. The summed E-state index contributed by atoms with van der Waals surface area (Å²) in [5.74, 6) is 1.76. The molecule has 0 aliphatic carbocycles. The van der Waals surface area contributed by atoms with Crippen LogP contribution in [0.1, 0.15) is 5.56 Å². The summed E-state index contributed by atoms with van der Waals surface area (Å²) in [6.07, 6.45) is 3.01. The first kappa shape index (κ1) is 10.7. The third kappa shape index (κ3) is 1.79. The second-order valence-electron chi connectivity index (χ2n) is 3.76. The Bertz CT molecular complexity index is 571. The van der Waals surface area contributed by atoms with E-state index in [1.807, 2.05) is 18.2 Å². The highest BCUT2D eigenvalue weighted by Crippen LogP contribution is 2.33. The normalized spacial score (nSPS) is 18.8. The van der Waals surface area contributed by atoms with Gasteiger partial charge in [0.1, 0.15) is 0 Å². The van der Waals surface area contributed by atoms with Crippen LogP contribution in [-0.2, 0) is 14.3 Å². The molecule has 0 atom stereocenters. The first-order chi connectivity index (χ1) is 8.76. The number of ether oxygens (including phenoxy) is 4. The highest BCUT2D eigenvalue weighted by atomic mass is 16.7. The summed E-state index contributed by atoms with van der Waals surface area (Å²) in [5.41, 5.74) is 0.840. The van der Waals surface area contributed by atoms with E-state index >= 15 is 0 Å². The average molecular weight is 246 g/mol. The fourth-order valence-electron chi connectivity index (χ4n) is 1.78. The fourth-order valence-corrected chi connectivity index (χ4v) is 1.78. The van der Waals surface area contributed by atoms with E-state index in [4.69, 9.17) is 18.9 Å². The smallest absolute Gasteiger partial charge is 0.340 e. The van der Waals surface area contributed by atoms with Gasteiger partial charge in [-0.15, -0.1) is 0 Å². The Kier molecular flexibility index (Phi) is 2.44. The fraction of sp³-hybridized carbons (Fsp3) is 0.154. The summed E-state index contributed by atoms with van der Waals surface area (Å²) in [6, 6.07) is 5.47. The van der Waals surface area contributed by atoms with Gasteiger partial charge in [0.25, 0.3) is 0 Å². The van der Waals surface area contributed by atoms with Gasteiger partial charge >= 0.3 is 5.97 Å². The van der Waals surface area contributed by atoms with Crippen molar-refractivity contribution >= 4 is 12.0 Å². The summed E-state index contributed by atoms with van der Waals surface area (Å²) in [7, 11) is 1.49. The predicted octanol–water partition coefficient (Wildman–Crippen LogP) is 1.84. The van der Waals surface area contributed by atoms with E-state index in [1.54, 1.807) is 6.08 Å². The van der Waals surface area contributed by atoms with E-state index in [0.29, 0.717) is 23.0 Å². The summed E-state index contributed by atoms with van der Waals surface area (Å²) in [4.78, 5) is 11.1. The predicted molar refractivity (Wildman–Crippen MR) is 61.7 cm³/mol. The molecule has 2 heterocycles. The molecule has 2 aliphatic heterocycles. The van der Waals surface area contributed by atoms with Crippen molar-refractivity contribution in [2.45, 2.75) is 0 Å². The third-order valence-corrected chi connectivity index (χ3v) is 2.62. The van der Waals surface area contributed by atoms with E-state index in [-0.39, 0.29) is 6.79 Å². The SMILES string of the molecule is COC1=CC(=O)O/C1=C/c1ccc2c(c1)OCO2. The lowest BCUT2D eigenvalue weighted by molar-refractivity contribution is -0.132. The summed E-state index contributed by atoms with van der Waals surface area (Å²) < 4.78 is 20.6. The minimum Gasteiger partial charge on any atom is -0.493 e. The van der Waals surface area contributed by atoms with Gasteiger partial charge in [0.2, 0.25) is 6.79 Å². The van der Waals surface area contributed by atoms with E-state index in [0.717, 1.165) is 5.56 Å². The molecule has 2 aliphatic rings. The van der Waals surface area contributed by atoms with Crippen LogP contribution in [0.15, 0.2) is 35.8 Å². The number of cyclic esters (lactones) is 1. The van der Waals surface area contributed by atoms with Crippen LogP contribution in [0.5, 0.6) is 11.5 Å². The lowest BCUT2D eigenvalue weighted by Gasteiger charge is -2.03. The molecule has 0 saturated heterocycles. The summed E-state index contributed by atoms with van der Waals surface area (Å²) in [5, 5.41) is 0. The third-order valence-electron chi connectivity index (χ3n) is 2.62. The number of carbonyl (C=O) groups is 1. The van der Waals surface area contributed by atoms with Crippen LogP contribution in [0.2, 0.25) is 0 Å². The van der Waals surface area contributed by atoms with Crippen LogP contribution in [0.25, 0.3) is 6.08 Å². The Hall–Kier alpha value is -2.43. The van der Waals surface area contributed by atoms with Gasteiger partial charge in [-0.1, -0.05) is 6.07 Å². The molecular weight excluding hydrogens is 236 g/mol. The average Bonchev–Trinajstić information content (AvgIpc) is 2.95. The highest BCUT2D eigenvalue weighted by molar-refractivity contribution is 5.89. The van der Waals surface area contributed by atoms with Gasteiger partial charge in [0.05, 0.1) is 13.2 Å². The molecule has 0 radical (unpaired) electrons. The monoisotopic (exact) mass is 246 g/mol. The van der Waals surface area contributed by atoms with Crippen molar-refractivity contribution in [2.75, 3.05) is 13.9 Å². The lowest BCUT2D eigenvalue weighted by Crippen LogP contribution is -1.93. The van der Waals surface area contributed by atoms with Crippen molar-refractivity contribution in [3.05, 3.63) is 41.4 Å². The minimum absolute atomic E-state index is 0.230. The Morgan fingerprint density at radius 1 is 1.28 bits per heavy atom. The summed E-state index contributed by atoms with van der Waals surface area (Å²) in [6.45, 7) is 0.230. The van der Waals surface area contributed by atoms with E-state index < -0.39 is 5.97 Å². The maximum atomic E-state index is 11.1. The van der Waals surface area contributed by atoms with Crippen LogP contribution in [0, 0.1) is 0 Å². The molecule has 5 nitrogen and oxygen atoms in total. The molecule has 1 aromatic rings. The van der Waals surface area contributed by atoms with E-state index in [1.165, 1.54) is 13.2 Å². The number of hydrogen-bond acceptors (Lipinski definition) is 5. The largest absolute Gasteiger partial charge is 0.493 e. The van der Waals surface area contributed by atoms with Crippen LogP contribution >= 0.6 is 0 Å². The number of fused-ring (bicyclic) bond motifs is 1. The number of methoxy groups -OCH3 is 1. The van der Waals surface area contributed by atoms with E-state index in [2.05, 4.69) is 0 Å². The zero-order valence-corrected chi connectivity index (χ0v) is 9.64. The van der Waals surface area contributed by atoms with Crippen molar-refractivity contribution < 1.29 is 23.7 Å². The number of benzene rings is 1. The first-order valence-corrected chi connectivity index (χ1v) is 5.35. The van der Waals surface area contributed by atoms with Crippen LogP contribution in [0.3, 0.4) is 0 Å². The van der Waals surface area contributed by atoms with Gasteiger partial charge in [0, 0.05) is 0 Å². The van der Waals surface area contributed by atoms with E-state index in [9.17, 15) is 4.79 Å². The molecule has 0 amide bonds. The Morgan fingerprint density at radius 2 is 2.11 bits per heavy atom. The van der Waals surface area contributed by atoms with Gasteiger partial charge in [-0.25, -0.2) is 4.79 Å². The number of rotatable bonds is 2. The van der Waals surface area contributed by atoms with Crippen molar-refractivity contribution in [1.29, 1.82) is 0 Å². The van der Waals surface area contributed by atoms with Crippen molar-refractivity contribution in [3.63, 3.8) is 0 Å². The molecule has 18 heavy (non-hydrogen) atoms. The summed E-state index contributed by atoms with van der Waals surface area (Å²) >= 11 is 0. The molecule has 0 spiro atoms. The molecule has 0 fully saturated rings. The van der Waals surface area contributed by atoms with Crippen molar-refractivity contribution in [1.82, 2.24) is 0 Å². The number of carbonyl (C=O) groups excluding carboxylic acids is 1. The molecular formula is C13H10O5. The minimum atomic E-state index is -0.432. The molecule has 0 aromatic heterocycles. The second-order valence-corrected chi connectivity index (χ2v) is 3.76. The van der Waals surface area contributed by atoms with Crippen LogP contribution in [0.4, 0.5) is 0 Å². The first-order valence-electron chi connectivity index (χ1n) is 5.35. The Balaban J connectivity index is 1.92. The zero-order chi connectivity index (χ0) is 12.5. The van der Waals surface area contributed by atoms with Crippen LogP contribution in [-0.4, -0.2) is 19.9 Å². The number of esters is 1. The van der Waals surface area contributed by atoms with Gasteiger partial charge in [-0.05, 0) is 23.8 Å². The molecule has 3 rings (SSSR count). The highest BCUT2D eigenvalue weighted by Gasteiger charge is 2.21. The topological polar surface area (TPSA) is 54.0 Å². The molecule has 0 bridgehead atoms. The molecule has 92 valence electrons. The maximum Gasteiger partial charge on any atom is 0.340 e. The molecule has 0 saturated carbocycles. The standard InChI is InChI=1S/C13H10O5/c1-15-10-6-13(14)18-12(10)5-8-2-3-9-11(4-8)17-7-16-9/h2-6H,7H2,1H3/b12-5+.